The number of carbonyl (C=O) groups is 2. The van der Waals surface area contributed by atoms with E-state index in [2.05, 4.69) is 10.6 Å². The van der Waals surface area contributed by atoms with Gasteiger partial charge in [-0.3, -0.25) is 4.79 Å². The fourth-order valence-electron chi connectivity index (χ4n) is 1.43. The van der Waals surface area contributed by atoms with Crippen molar-refractivity contribution in [2.45, 2.75) is 26.3 Å². The number of aliphatic carboxylic acids is 1. The lowest BCUT2D eigenvalue weighted by Crippen LogP contribution is -2.55. The number of amides is 1. The molecule has 0 aromatic carbocycles. The van der Waals surface area contributed by atoms with Crippen LogP contribution in [0.5, 0.6) is 0 Å². The van der Waals surface area contributed by atoms with E-state index in [0.717, 1.165) is 6.42 Å². The molecule has 0 radical (unpaired) electrons. The van der Waals surface area contributed by atoms with Crippen molar-refractivity contribution in [1.29, 1.82) is 0 Å². The zero-order chi connectivity index (χ0) is 11.4. The molecule has 3 N–H and O–H groups in total. The monoisotopic (exact) mass is 214 g/mol. The molecule has 0 spiro atoms. The van der Waals surface area contributed by atoms with Crippen LogP contribution in [0.4, 0.5) is 0 Å². The third kappa shape index (κ3) is 2.92. The van der Waals surface area contributed by atoms with E-state index in [0.29, 0.717) is 13.1 Å². The summed E-state index contributed by atoms with van der Waals surface area (Å²) < 4.78 is 0. The smallest absolute Gasteiger partial charge is 0.326 e. The van der Waals surface area contributed by atoms with Crippen molar-refractivity contribution < 1.29 is 14.7 Å². The van der Waals surface area contributed by atoms with Crippen LogP contribution in [0.3, 0.4) is 0 Å². The quantitative estimate of drug-likeness (QED) is 0.593. The maximum absolute atomic E-state index is 11.5. The van der Waals surface area contributed by atoms with E-state index in [1.165, 1.54) is 0 Å². The first-order valence-corrected chi connectivity index (χ1v) is 5.30. The molecule has 5 heteroatoms. The van der Waals surface area contributed by atoms with Crippen molar-refractivity contribution in [3.05, 3.63) is 0 Å². The summed E-state index contributed by atoms with van der Waals surface area (Å²) in [6.07, 6.45) is 0.736. The molecular weight excluding hydrogens is 196 g/mol. The average Bonchev–Trinajstić information content (AvgIpc) is 2.09. The van der Waals surface area contributed by atoms with E-state index in [1.807, 2.05) is 13.8 Å². The number of carboxylic acids is 1. The van der Waals surface area contributed by atoms with Gasteiger partial charge >= 0.3 is 5.97 Å². The summed E-state index contributed by atoms with van der Waals surface area (Å²) in [5.74, 6) is -1.21. The first-order valence-electron chi connectivity index (χ1n) is 5.30. The molecule has 1 rings (SSSR count). The predicted octanol–water partition coefficient (Wildman–Crippen LogP) is -0.179. The fourth-order valence-corrected chi connectivity index (χ4v) is 1.43. The molecular formula is C10H18N2O3. The van der Waals surface area contributed by atoms with Crippen LogP contribution in [0.2, 0.25) is 0 Å². The van der Waals surface area contributed by atoms with Gasteiger partial charge in [-0.15, -0.1) is 0 Å². The van der Waals surface area contributed by atoms with Gasteiger partial charge in [0.1, 0.15) is 6.04 Å². The fraction of sp³-hybridized carbons (Fsp3) is 0.800. The summed E-state index contributed by atoms with van der Waals surface area (Å²) in [5, 5.41) is 14.5. The van der Waals surface area contributed by atoms with Gasteiger partial charge in [0.15, 0.2) is 0 Å². The van der Waals surface area contributed by atoms with Gasteiger partial charge in [0.25, 0.3) is 0 Å². The molecule has 5 nitrogen and oxygen atoms in total. The lowest BCUT2D eigenvalue weighted by atomic mass is 9.97. The van der Waals surface area contributed by atoms with Crippen molar-refractivity contribution in [3.8, 4) is 0 Å². The van der Waals surface area contributed by atoms with Gasteiger partial charge in [0.2, 0.25) is 5.91 Å². The first-order chi connectivity index (χ1) is 7.06. The van der Waals surface area contributed by atoms with Gasteiger partial charge in [-0.1, -0.05) is 20.3 Å². The normalized spacial score (nSPS) is 20.1. The topological polar surface area (TPSA) is 78.4 Å². The minimum Gasteiger partial charge on any atom is -0.480 e. The zero-order valence-corrected chi connectivity index (χ0v) is 9.12. The number of nitrogens with one attached hydrogen (secondary N) is 2. The molecule has 2 atom stereocenters. The Hall–Kier alpha value is -1.10. The molecule has 0 aliphatic carbocycles. The van der Waals surface area contributed by atoms with E-state index in [-0.39, 0.29) is 17.7 Å². The summed E-state index contributed by atoms with van der Waals surface area (Å²) in [6, 6.07) is -0.761. The number of hydrogen-bond donors (Lipinski definition) is 3. The van der Waals surface area contributed by atoms with Crippen LogP contribution in [0, 0.1) is 11.8 Å². The molecule has 0 aromatic rings. The highest BCUT2D eigenvalue weighted by Gasteiger charge is 2.31. The summed E-state index contributed by atoms with van der Waals surface area (Å²) in [5.41, 5.74) is 0. The average molecular weight is 214 g/mol. The molecule has 0 saturated carbocycles. The van der Waals surface area contributed by atoms with Gasteiger partial charge in [-0.25, -0.2) is 4.79 Å². The molecule has 1 heterocycles. The summed E-state index contributed by atoms with van der Waals surface area (Å²) in [6.45, 7) is 5.05. The third-order valence-electron chi connectivity index (χ3n) is 2.93. The highest BCUT2D eigenvalue weighted by Crippen LogP contribution is 2.10. The Balaban J connectivity index is 2.49. The number of carbonyl (C=O) groups excluding carboxylic acids is 1. The van der Waals surface area contributed by atoms with E-state index in [4.69, 9.17) is 5.11 Å². The summed E-state index contributed by atoms with van der Waals surface area (Å²) in [4.78, 5) is 22.5. The third-order valence-corrected chi connectivity index (χ3v) is 2.93. The van der Waals surface area contributed by atoms with Crippen molar-refractivity contribution in [3.63, 3.8) is 0 Å². The highest BCUT2D eigenvalue weighted by molar-refractivity contribution is 5.85. The molecule has 86 valence electrons. The molecule has 0 aromatic heterocycles. The lowest BCUT2D eigenvalue weighted by molar-refractivity contribution is -0.144. The standard InChI is InChI=1S/C10H18N2O3/c1-3-6(2)8(10(14)15)12-9(13)7-4-11-5-7/h6-8,11H,3-5H2,1-2H3,(H,12,13)(H,14,15). The van der Waals surface area contributed by atoms with E-state index >= 15 is 0 Å². The number of rotatable bonds is 5. The van der Waals surface area contributed by atoms with E-state index in [1.54, 1.807) is 0 Å². The molecule has 1 aliphatic heterocycles. The van der Waals surface area contributed by atoms with Gasteiger partial charge < -0.3 is 15.7 Å². The highest BCUT2D eigenvalue weighted by atomic mass is 16.4. The Bertz CT molecular complexity index is 251. The van der Waals surface area contributed by atoms with E-state index in [9.17, 15) is 9.59 Å². The van der Waals surface area contributed by atoms with Crippen LogP contribution in [0.15, 0.2) is 0 Å². The number of hydrogen-bond acceptors (Lipinski definition) is 3. The molecule has 0 bridgehead atoms. The molecule has 1 aliphatic rings. The van der Waals surface area contributed by atoms with Crippen molar-refractivity contribution in [2.75, 3.05) is 13.1 Å². The van der Waals surface area contributed by atoms with Crippen molar-refractivity contribution in [2.24, 2.45) is 11.8 Å². The molecule has 1 saturated heterocycles. The van der Waals surface area contributed by atoms with Crippen LogP contribution in [0.25, 0.3) is 0 Å². The molecule has 1 fully saturated rings. The second kappa shape index (κ2) is 5.11. The SMILES string of the molecule is CCC(C)C(NC(=O)C1CNC1)C(=O)O. The van der Waals surface area contributed by atoms with Gasteiger partial charge in [0, 0.05) is 13.1 Å². The van der Waals surface area contributed by atoms with Crippen LogP contribution in [0.1, 0.15) is 20.3 Å². The number of carboxylic acid groups (broad SMARTS) is 1. The van der Waals surface area contributed by atoms with Crippen molar-refractivity contribution >= 4 is 11.9 Å². The lowest BCUT2D eigenvalue weighted by Gasteiger charge is -2.28. The predicted molar refractivity (Wildman–Crippen MR) is 55.4 cm³/mol. The van der Waals surface area contributed by atoms with Crippen molar-refractivity contribution in [1.82, 2.24) is 10.6 Å². The molecule has 2 unspecified atom stereocenters. The second-order valence-corrected chi connectivity index (χ2v) is 4.07. The van der Waals surface area contributed by atoms with Crippen LogP contribution in [-0.4, -0.2) is 36.1 Å². The molecule has 15 heavy (non-hydrogen) atoms. The van der Waals surface area contributed by atoms with Crippen LogP contribution in [-0.2, 0) is 9.59 Å². The Morgan fingerprint density at radius 3 is 2.47 bits per heavy atom. The summed E-state index contributed by atoms with van der Waals surface area (Å²) in [7, 11) is 0. The van der Waals surface area contributed by atoms with Gasteiger partial charge in [-0.05, 0) is 5.92 Å². The Kier molecular flexibility index (Phi) is 4.08. The van der Waals surface area contributed by atoms with E-state index < -0.39 is 12.0 Å². The largest absolute Gasteiger partial charge is 0.480 e. The van der Waals surface area contributed by atoms with Crippen LogP contribution < -0.4 is 10.6 Å². The Morgan fingerprint density at radius 1 is 1.53 bits per heavy atom. The maximum Gasteiger partial charge on any atom is 0.326 e. The molecule has 1 amide bonds. The minimum absolute atomic E-state index is 0.0421. The Morgan fingerprint density at radius 2 is 2.13 bits per heavy atom. The maximum atomic E-state index is 11.5. The zero-order valence-electron chi connectivity index (χ0n) is 9.12. The van der Waals surface area contributed by atoms with Gasteiger partial charge in [-0.2, -0.15) is 0 Å². The summed E-state index contributed by atoms with van der Waals surface area (Å²) >= 11 is 0. The minimum atomic E-state index is -0.954. The van der Waals surface area contributed by atoms with Gasteiger partial charge in [0.05, 0.1) is 5.92 Å². The van der Waals surface area contributed by atoms with Crippen LogP contribution >= 0.6 is 0 Å². The Labute approximate surface area is 89.2 Å². The first kappa shape index (κ1) is 12.0. The second-order valence-electron chi connectivity index (χ2n) is 4.07.